The van der Waals surface area contributed by atoms with Crippen LogP contribution in [0.4, 0.5) is 16.2 Å². The first-order valence-corrected chi connectivity index (χ1v) is 11.8. The maximum Gasteiger partial charge on any atom is 0.323 e. The Labute approximate surface area is 211 Å². The molecule has 4 aromatic rings. The summed E-state index contributed by atoms with van der Waals surface area (Å²) in [6.07, 6.45) is 4.12. The van der Waals surface area contributed by atoms with Crippen LogP contribution in [0.2, 0.25) is 0 Å². The molecule has 0 aliphatic carbocycles. The van der Waals surface area contributed by atoms with Crippen molar-refractivity contribution in [3.8, 4) is 17.4 Å². The minimum atomic E-state index is -0.402. The first-order chi connectivity index (χ1) is 17.4. The van der Waals surface area contributed by atoms with E-state index in [1.165, 1.54) is 0 Å². The van der Waals surface area contributed by atoms with E-state index in [9.17, 15) is 4.79 Å². The molecule has 0 unspecified atom stereocenters. The second-order valence-electron chi connectivity index (χ2n) is 9.23. The van der Waals surface area contributed by atoms with Gasteiger partial charge in [-0.3, -0.25) is 4.98 Å². The summed E-state index contributed by atoms with van der Waals surface area (Å²) in [5.41, 5.74) is 3.02. The molecule has 0 spiro atoms. The smallest absolute Gasteiger partial charge is 0.323 e. The molecule has 184 valence electrons. The molecule has 0 aliphatic heterocycles. The zero-order chi connectivity index (χ0) is 25.4. The standard InChI is InChI=1S/C29H30N4O3/c1-29(2,3)24-10-4-5-12-26(24)36-27-25(11-8-19-31-27)33-28(34)32-22-13-15-23(16-14-22)35-20-17-21-9-6-7-18-30-21/h4-16,18-19H,17,20H2,1-3H3,(H2,32,33,34). The number of pyridine rings is 2. The molecule has 2 aromatic heterocycles. The molecule has 0 fully saturated rings. The third-order valence-electron chi connectivity index (χ3n) is 5.39. The Morgan fingerprint density at radius 2 is 1.58 bits per heavy atom. The minimum Gasteiger partial charge on any atom is -0.493 e. The molecular formula is C29H30N4O3. The quantitative estimate of drug-likeness (QED) is 0.287. The van der Waals surface area contributed by atoms with Gasteiger partial charge < -0.3 is 20.1 Å². The van der Waals surface area contributed by atoms with Crippen LogP contribution < -0.4 is 20.1 Å². The van der Waals surface area contributed by atoms with Crippen LogP contribution in [0.1, 0.15) is 32.0 Å². The number of anilines is 2. The topological polar surface area (TPSA) is 85.4 Å². The third-order valence-corrected chi connectivity index (χ3v) is 5.39. The Balaban J connectivity index is 1.35. The number of carbonyl (C=O) groups is 1. The Hall–Kier alpha value is -4.39. The number of amides is 2. The number of rotatable bonds is 8. The maximum atomic E-state index is 12.7. The molecular weight excluding hydrogens is 452 g/mol. The highest BCUT2D eigenvalue weighted by molar-refractivity contribution is 6.00. The summed E-state index contributed by atoms with van der Waals surface area (Å²) < 4.78 is 11.9. The molecule has 0 bridgehead atoms. The van der Waals surface area contributed by atoms with Gasteiger partial charge in [0, 0.05) is 35.8 Å². The van der Waals surface area contributed by atoms with E-state index in [1.807, 2.05) is 54.6 Å². The third kappa shape index (κ3) is 6.82. The predicted octanol–water partition coefficient (Wildman–Crippen LogP) is 6.83. The van der Waals surface area contributed by atoms with Gasteiger partial charge in [-0.05, 0) is 60.0 Å². The number of aromatic nitrogens is 2. The zero-order valence-corrected chi connectivity index (χ0v) is 20.7. The molecule has 7 nitrogen and oxygen atoms in total. The number of para-hydroxylation sites is 1. The predicted molar refractivity (Wildman–Crippen MR) is 142 cm³/mol. The van der Waals surface area contributed by atoms with E-state index in [0.29, 0.717) is 29.6 Å². The van der Waals surface area contributed by atoms with Crippen LogP contribution in [-0.4, -0.2) is 22.6 Å². The lowest BCUT2D eigenvalue weighted by molar-refractivity contribution is 0.262. The fraction of sp³-hybridized carbons (Fsp3) is 0.207. The van der Waals surface area contributed by atoms with Crippen molar-refractivity contribution < 1.29 is 14.3 Å². The molecule has 7 heteroatoms. The number of ether oxygens (including phenoxy) is 2. The minimum absolute atomic E-state index is 0.106. The molecule has 36 heavy (non-hydrogen) atoms. The summed E-state index contributed by atoms with van der Waals surface area (Å²) in [6.45, 7) is 6.89. The van der Waals surface area contributed by atoms with E-state index < -0.39 is 6.03 Å². The second-order valence-corrected chi connectivity index (χ2v) is 9.23. The average Bonchev–Trinajstić information content (AvgIpc) is 2.87. The van der Waals surface area contributed by atoms with E-state index in [1.54, 1.807) is 36.7 Å². The van der Waals surface area contributed by atoms with Crippen LogP contribution in [0.25, 0.3) is 0 Å². The Kier molecular flexibility index (Phi) is 7.80. The van der Waals surface area contributed by atoms with E-state index in [4.69, 9.17) is 9.47 Å². The van der Waals surface area contributed by atoms with Crippen LogP contribution in [0.3, 0.4) is 0 Å². The number of nitrogens with one attached hydrogen (secondary N) is 2. The van der Waals surface area contributed by atoms with Crippen molar-refractivity contribution in [3.63, 3.8) is 0 Å². The van der Waals surface area contributed by atoms with Crippen LogP contribution in [0, 0.1) is 0 Å². The van der Waals surface area contributed by atoms with Gasteiger partial charge in [0.25, 0.3) is 0 Å². The van der Waals surface area contributed by atoms with E-state index in [2.05, 4.69) is 41.4 Å². The maximum absolute atomic E-state index is 12.7. The van der Waals surface area contributed by atoms with E-state index in [-0.39, 0.29) is 5.41 Å². The number of carbonyl (C=O) groups excluding carboxylic acids is 1. The van der Waals surface area contributed by atoms with Crippen LogP contribution in [-0.2, 0) is 11.8 Å². The summed E-state index contributed by atoms with van der Waals surface area (Å²) in [7, 11) is 0. The Bertz CT molecular complexity index is 1290. The fourth-order valence-corrected chi connectivity index (χ4v) is 3.59. The molecule has 0 atom stereocenters. The van der Waals surface area contributed by atoms with Gasteiger partial charge >= 0.3 is 6.03 Å². The second kappa shape index (κ2) is 11.4. The molecule has 0 aliphatic rings. The van der Waals surface area contributed by atoms with Gasteiger partial charge in [-0.1, -0.05) is 45.0 Å². The zero-order valence-electron chi connectivity index (χ0n) is 20.7. The summed E-state index contributed by atoms with van der Waals surface area (Å²) >= 11 is 0. The van der Waals surface area contributed by atoms with Gasteiger partial charge in [0.1, 0.15) is 17.2 Å². The highest BCUT2D eigenvalue weighted by Crippen LogP contribution is 2.35. The van der Waals surface area contributed by atoms with E-state index >= 15 is 0 Å². The summed E-state index contributed by atoms with van der Waals surface area (Å²) in [5.74, 6) is 1.74. The SMILES string of the molecule is CC(C)(C)c1ccccc1Oc1ncccc1NC(=O)Nc1ccc(OCCc2ccccn2)cc1. The number of urea groups is 1. The summed E-state index contributed by atoms with van der Waals surface area (Å²) in [5, 5.41) is 5.66. The summed E-state index contributed by atoms with van der Waals surface area (Å²) in [4.78, 5) is 21.3. The molecule has 0 saturated carbocycles. The first-order valence-electron chi connectivity index (χ1n) is 11.8. The van der Waals surface area contributed by atoms with Crippen molar-refractivity contribution in [1.82, 2.24) is 9.97 Å². The van der Waals surface area contributed by atoms with E-state index in [0.717, 1.165) is 23.4 Å². The highest BCUT2D eigenvalue weighted by atomic mass is 16.5. The lowest BCUT2D eigenvalue weighted by atomic mass is 9.86. The van der Waals surface area contributed by atoms with Gasteiger partial charge in [0.2, 0.25) is 5.88 Å². The van der Waals surface area contributed by atoms with Gasteiger partial charge in [-0.25, -0.2) is 9.78 Å². The number of hydrogen-bond donors (Lipinski definition) is 2. The molecule has 2 aromatic carbocycles. The van der Waals surface area contributed by atoms with Crippen molar-refractivity contribution in [2.45, 2.75) is 32.6 Å². The number of hydrogen-bond acceptors (Lipinski definition) is 5. The fourth-order valence-electron chi connectivity index (χ4n) is 3.59. The molecule has 2 amide bonds. The Morgan fingerprint density at radius 1 is 0.833 bits per heavy atom. The van der Waals surface area contributed by atoms with Crippen LogP contribution >= 0.6 is 0 Å². The Morgan fingerprint density at radius 3 is 2.33 bits per heavy atom. The summed E-state index contributed by atoms with van der Waals surface area (Å²) in [6, 6.07) is 23.9. The largest absolute Gasteiger partial charge is 0.493 e. The van der Waals surface area contributed by atoms with Crippen molar-refractivity contribution in [3.05, 3.63) is 103 Å². The molecule has 2 heterocycles. The molecule has 2 N–H and O–H groups in total. The average molecular weight is 483 g/mol. The van der Waals surface area contributed by atoms with Crippen molar-refractivity contribution in [1.29, 1.82) is 0 Å². The normalized spacial score (nSPS) is 11.0. The number of benzene rings is 2. The van der Waals surface area contributed by atoms with Crippen molar-refractivity contribution in [2.75, 3.05) is 17.2 Å². The van der Waals surface area contributed by atoms with Gasteiger partial charge in [-0.2, -0.15) is 0 Å². The highest BCUT2D eigenvalue weighted by Gasteiger charge is 2.20. The van der Waals surface area contributed by atoms with Crippen LogP contribution in [0.15, 0.2) is 91.3 Å². The van der Waals surface area contributed by atoms with Gasteiger partial charge in [0.05, 0.1) is 6.61 Å². The van der Waals surface area contributed by atoms with Crippen LogP contribution in [0.5, 0.6) is 17.4 Å². The molecule has 0 saturated heterocycles. The molecule has 0 radical (unpaired) electrons. The molecule has 4 rings (SSSR count). The van der Waals surface area contributed by atoms with Gasteiger partial charge in [0.15, 0.2) is 0 Å². The first kappa shape index (κ1) is 24.7. The lowest BCUT2D eigenvalue weighted by Crippen LogP contribution is -2.20. The van der Waals surface area contributed by atoms with Crippen molar-refractivity contribution >= 4 is 17.4 Å². The van der Waals surface area contributed by atoms with Gasteiger partial charge in [-0.15, -0.1) is 0 Å². The monoisotopic (exact) mass is 482 g/mol. The van der Waals surface area contributed by atoms with Crippen molar-refractivity contribution in [2.24, 2.45) is 0 Å². The lowest BCUT2D eigenvalue weighted by Gasteiger charge is -2.22. The number of nitrogens with zero attached hydrogens (tertiary/aromatic N) is 2.